The van der Waals surface area contributed by atoms with Gasteiger partial charge in [0, 0.05) is 49.4 Å². The van der Waals surface area contributed by atoms with Crippen molar-refractivity contribution in [1.82, 2.24) is 10.2 Å². The number of nitrogens with zero attached hydrogens (tertiary/aromatic N) is 2. The van der Waals surface area contributed by atoms with Crippen LogP contribution < -0.4 is 10.2 Å². The lowest BCUT2D eigenvalue weighted by Gasteiger charge is -2.32. The van der Waals surface area contributed by atoms with Gasteiger partial charge in [-0.1, -0.05) is 48.0 Å². The molecule has 2 aromatic carbocycles. The van der Waals surface area contributed by atoms with Crippen molar-refractivity contribution in [3.8, 4) is 0 Å². The van der Waals surface area contributed by atoms with Crippen LogP contribution in [0.25, 0.3) is 0 Å². The Labute approximate surface area is 183 Å². The SMILES string of the molecule is Cc1ccc(N2CC(C(=O)NC3CCN(Cc4ccccc4)CC3)CC2=O)cc1Cl. The van der Waals surface area contributed by atoms with Crippen molar-refractivity contribution in [2.24, 2.45) is 5.92 Å². The molecule has 2 aliphatic rings. The van der Waals surface area contributed by atoms with E-state index < -0.39 is 0 Å². The summed E-state index contributed by atoms with van der Waals surface area (Å²) in [5.41, 5.74) is 3.06. The van der Waals surface area contributed by atoms with Crippen LogP contribution in [0.2, 0.25) is 5.02 Å². The van der Waals surface area contributed by atoms with Gasteiger partial charge in [0.15, 0.2) is 0 Å². The molecule has 5 nitrogen and oxygen atoms in total. The summed E-state index contributed by atoms with van der Waals surface area (Å²) >= 11 is 6.21. The molecule has 158 valence electrons. The average molecular weight is 426 g/mol. The zero-order valence-corrected chi connectivity index (χ0v) is 18.1. The predicted molar refractivity (Wildman–Crippen MR) is 120 cm³/mol. The zero-order chi connectivity index (χ0) is 21.1. The summed E-state index contributed by atoms with van der Waals surface area (Å²) in [5, 5.41) is 3.82. The second kappa shape index (κ2) is 9.19. The summed E-state index contributed by atoms with van der Waals surface area (Å²) in [6.45, 7) is 5.23. The molecule has 0 radical (unpaired) electrons. The Kier molecular flexibility index (Phi) is 6.40. The molecule has 2 saturated heterocycles. The Balaban J connectivity index is 1.27. The molecule has 0 bridgehead atoms. The lowest BCUT2D eigenvalue weighted by Crippen LogP contribution is -2.46. The van der Waals surface area contributed by atoms with E-state index in [1.54, 1.807) is 11.0 Å². The molecule has 2 aliphatic heterocycles. The highest BCUT2D eigenvalue weighted by Gasteiger charge is 2.36. The third kappa shape index (κ3) is 4.85. The topological polar surface area (TPSA) is 52.7 Å². The maximum absolute atomic E-state index is 12.8. The van der Waals surface area contributed by atoms with Gasteiger partial charge in [-0.05, 0) is 43.0 Å². The van der Waals surface area contributed by atoms with Crippen LogP contribution >= 0.6 is 11.6 Å². The third-order valence-corrected chi connectivity index (χ3v) is 6.55. The summed E-state index contributed by atoms with van der Waals surface area (Å²) in [5.74, 6) is -0.335. The van der Waals surface area contributed by atoms with Crippen LogP contribution in [-0.4, -0.2) is 42.4 Å². The minimum atomic E-state index is -0.306. The summed E-state index contributed by atoms with van der Waals surface area (Å²) in [7, 11) is 0. The van der Waals surface area contributed by atoms with Gasteiger partial charge in [0.2, 0.25) is 11.8 Å². The van der Waals surface area contributed by atoms with Gasteiger partial charge < -0.3 is 10.2 Å². The maximum Gasteiger partial charge on any atom is 0.227 e. The number of rotatable bonds is 5. The first-order valence-electron chi connectivity index (χ1n) is 10.6. The molecule has 0 aromatic heterocycles. The second-order valence-electron chi connectivity index (χ2n) is 8.38. The van der Waals surface area contributed by atoms with Crippen LogP contribution in [-0.2, 0) is 16.1 Å². The van der Waals surface area contributed by atoms with Crippen molar-refractivity contribution in [3.05, 3.63) is 64.7 Å². The van der Waals surface area contributed by atoms with E-state index in [0.717, 1.165) is 43.7 Å². The van der Waals surface area contributed by atoms with E-state index in [2.05, 4.69) is 34.5 Å². The number of hydrogen-bond acceptors (Lipinski definition) is 3. The first kappa shape index (κ1) is 20.9. The molecular weight excluding hydrogens is 398 g/mol. The van der Waals surface area contributed by atoms with E-state index in [9.17, 15) is 9.59 Å². The number of piperidine rings is 1. The number of anilines is 1. The number of aryl methyl sites for hydroxylation is 1. The Bertz CT molecular complexity index is 910. The molecule has 30 heavy (non-hydrogen) atoms. The molecule has 0 aliphatic carbocycles. The summed E-state index contributed by atoms with van der Waals surface area (Å²) in [4.78, 5) is 29.4. The summed E-state index contributed by atoms with van der Waals surface area (Å²) in [6, 6.07) is 16.3. The number of benzene rings is 2. The van der Waals surface area contributed by atoms with E-state index in [1.807, 2.05) is 25.1 Å². The lowest BCUT2D eigenvalue weighted by molar-refractivity contribution is -0.127. The summed E-state index contributed by atoms with van der Waals surface area (Å²) in [6.07, 6.45) is 2.14. The molecule has 6 heteroatoms. The van der Waals surface area contributed by atoms with E-state index >= 15 is 0 Å². The van der Waals surface area contributed by atoms with Crippen LogP contribution in [0, 0.1) is 12.8 Å². The fourth-order valence-corrected chi connectivity index (χ4v) is 4.45. The molecule has 1 unspecified atom stereocenters. The first-order chi connectivity index (χ1) is 14.5. The van der Waals surface area contributed by atoms with Crippen molar-refractivity contribution in [2.45, 2.75) is 38.8 Å². The van der Waals surface area contributed by atoms with Crippen LogP contribution in [0.3, 0.4) is 0 Å². The highest BCUT2D eigenvalue weighted by atomic mass is 35.5. The maximum atomic E-state index is 12.8. The molecule has 1 atom stereocenters. The number of halogens is 1. The number of nitrogens with one attached hydrogen (secondary N) is 1. The average Bonchev–Trinajstić information content (AvgIpc) is 3.14. The van der Waals surface area contributed by atoms with Crippen molar-refractivity contribution >= 4 is 29.1 Å². The van der Waals surface area contributed by atoms with Gasteiger partial charge >= 0.3 is 0 Å². The van der Waals surface area contributed by atoms with E-state index in [1.165, 1.54) is 5.56 Å². The van der Waals surface area contributed by atoms with Crippen LogP contribution in [0.5, 0.6) is 0 Å². The quantitative estimate of drug-likeness (QED) is 0.793. The molecule has 0 spiro atoms. The van der Waals surface area contributed by atoms with Gasteiger partial charge in [0.25, 0.3) is 0 Å². The first-order valence-corrected chi connectivity index (χ1v) is 11.0. The van der Waals surface area contributed by atoms with Gasteiger partial charge in [-0.15, -0.1) is 0 Å². The molecule has 2 heterocycles. The van der Waals surface area contributed by atoms with Crippen molar-refractivity contribution in [1.29, 1.82) is 0 Å². The zero-order valence-electron chi connectivity index (χ0n) is 17.3. The van der Waals surface area contributed by atoms with Crippen molar-refractivity contribution in [2.75, 3.05) is 24.5 Å². The van der Waals surface area contributed by atoms with Crippen molar-refractivity contribution < 1.29 is 9.59 Å². The van der Waals surface area contributed by atoms with E-state index in [-0.39, 0.29) is 30.2 Å². The molecule has 2 amide bonds. The molecular formula is C24H28ClN3O2. The number of carbonyl (C=O) groups is 2. The van der Waals surface area contributed by atoms with Crippen LogP contribution in [0.15, 0.2) is 48.5 Å². The van der Waals surface area contributed by atoms with E-state index in [0.29, 0.717) is 11.6 Å². The Morgan fingerprint density at radius 2 is 1.87 bits per heavy atom. The highest BCUT2D eigenvalue weighted by molar-refractivity contribution is 6.31. The minimum absolute atomic E-state index is 0.00873. The monoisotopic (exact) mass is 425 g/mol. The predicted octanol–water partition coefficient (Wildman–Crippen LogP) is 3.78. The molecule has 2 fully saturated rings. The normalized spacial score (nSPS) is 20.5. The van der Waals surface area contributed by atoms with Gasteiger partial charge in [0.05, 0.1) is 5.92 Å². The number of carbonyl (C=O) groups excluding carboxylic acids is 2. The van der Waals surface area contributed by atoms with Gasteiger partial charge in [-0.25, -0.2) is 0 Å². The smallest absolute Gasteiger partial charge is 0.227 e. The largest absolute Gasteiger partial charge is 0.353 e. The van der Waals surface area contributed by atoms with E-state index in [4.69, 9.17) is 11.6 Å². The molecule has 4 rings (SSSR count). The fraction of sp³-hybridized carbons (Fsp3) is 0.417. The Hall–Kier alpha value is -2.37. The second-order valence-corrected chi connectivity index (χ2v) is 8.79. The minimum Gasteiger partial charge on any atom is -0.353 e. The summed E-state index contributed by atoms with van der Waals surface area (Å²) < 4.78 is 0. The Morgan fingerprint density at radius 1 is 1.13 bits per heavy atom. The van der Waals surface area contributed by atoms with Gasteiger partial charge in [-0.3, -0.25) is 14.5 Å². The highest BCUT2D eigenvalue weighted by Crippen LogP contribution is 2.29. The standard InChI is InChI=1S/C24H28ClN3O2/c1-17-7-8-21(14-22(17)25)28-16-19(13-23(28)29)24(30)26-20-9-11-27(12-10-20)15-18-5-3-2-4-6-18/h2-8,14,19-20H,9-13,15-16H2,1H3,(H,26,30). The molecule has 0 saturated carbocycles. The number of hydrogen-bond donors (Lipinski definition) is 1. The van der Waals surface area contributed by atoms with Gasteiger partial charge in [0.1, 0.15) is 0 Å². The van der Waals surface area contributed by atoms with Gasteiger partial charge in [-0.2, -0.15) is 0 Å². The third-order valence-electron chi connectivity index (χ3n) is 6.15. The van der Waals surface area contributed by atoms with Crippen molar-refractivity contribution in [3.63, 3.8) is 0 Å². The Morgan fingerprint density at radius 3 is 2.57 bits per heavy atom. The number of likely N-dealkylation sites (tertiary alicyclic amines) is 1. The fourth-order valence-electron chi connectivity index (χ4n) is 4.28. The van der Waals surface area contributed by atoms with Crippen LogP contribution in [0.1, 0.15) is 30.4 Å². The number of amides is 2. The molecule has 2 aromatic rings. The molecule has 1 N–H and O–H groups in total. The van der Waals surface area contributed by atoms with Crippen LogP contribution in [0.4, 0.5) is 5.69 Å². The lowest BCUT2D eigenvalue weighted by atomic mass is 10.0.